The van der Waals surface area contributed by atoms with E-state index >= 15 is 0 Å². The molecule has 1 aromatic rings. The van der Waals surface area contributed by atoms with E-state index in [1.165, 1.54) is 12.1 Å². The van der Waals surface area contributed by atoms with Gasteiger partial charge in [0.15, 0.2) is 0 Å². The molecule has 0 unspecified atom stereocenters. The van der Waals surface area contributed by atoms with Crippen LogP contribution in [0.15, 0.2) is 24.3 Å². The molecule has 2 heterocycles. The summed E-state index contributed by atoms with van der Waals surface area (Å²) >= 11 is 0. The fourth-order valence-corrected chi connectivity index (χ4v) is 3.36. The summed E-state index contributed by atoms with van der Waals surface area (Å²) in [4.78, 5) is 16.2. The molecule has 142 valence electrons. The van der Waals surface area contributed by atoms with Crippen LogP contribution in [0.4, 0.5) is 13.2 Å². The summed E-state index contributed by atoms with van der Waals surface area (Å²) in [7, 11) is 0. The predicted octanol–water partition coefficient (Wildman–Crippen LogP) is 2.96. The zero-order valence-electron chi connectivity index (χ0n) is 14.8. The number of carbonyl (C=O) groups is 1. The number of aryl methyl sites for hydroxylation is 1. The predicted molar refractivity (Wildman–Crippen MR) is 92.6 cm³/mol. The molecule has 7 heteroatoms. The van der Waals surface area contributed by atoms with E-state index in [1.54, 1.807) is 24.0 Å². The van der Waals surface area contributed by atoms with Crippen molar-refractivity contribution in [3.8, 4) is 0 Å². The molecule has 0 bridgehead atoms. The van der Waals surface area contributed by atoms with Crippen molar-refractivity contribution >= 4 is 11.5 Å². The van der Waals surface area contributed by atoms with Crippen LogP contribution < -0.4 is 0 Å². The summed E-state index contributed by atoms with van der Waals surface area (Å²) in [5.41, 5.74) is 0.868. The number of hydrogen-bond donors (Lipinski definition) is 0. The zero-order valence-corrected chi connectivity index (χ0v) is 14.8. The highest BCUT2D eigenvalue weighted by molar-refractivity contribution is 5.80. The maximum absolute atomic E-state index is 13.3. The minimum absolute atomic E-state index is 0.0159. The molecule has 1 aromatic carbocycles. The van der Waals surface area contributed by atoms with Crippen molar-refractivity contribution in [3.05, 3.63) is 41.0 Å². The number of alkyl halides is 3. The Kier molecular flexibility index (Phi) is 5.67. The monoisotopic (exact) mass is 368 g/mol. The second kappa shape index (κ2) is 7.80. The van der Waals surface area contributed by atoms with Gasteiger partial charge in [-0.25, -0.2) is 0 Å². The standard InChI is InChI=1S/C19H23F3N2O2/c1-14-2-3-16(17(12-14)19(20,21)22)15-4-6-24(7-5-15)18(25)13-23-8-10-26-11-9-23/h2-4,12H,5-11,13H2,1H3. The fourth-order valence-electron chi connectivity index (χ4n) is 3.36. The first-order chi connectivity index (χ1) is 12.3. The van der Waals surface area contributed by atoms with Crippen molar-refractivity contribution in [2.75, 3.05) is 45.9 Å². The maximum atomic E-state index is 13.3. The van der Waals surface area contributed by atoms with Crippen LogP contribution >= 0.6 is 0 Å². The Balaban J connectivity index is 1.69. The highest BCUT2D eigenvalue weighted by atomic mass is 19.4. The number of rotatable bonds is 3. The second-order valence-electron chi connectivity index (χ2n) is 6.75. The molecule has 0 saturated carbocycles. The number of nitrogens with zero attached hydrogens (tertiary/aromatic N) is 2. The van der Waals surface area contributed by atoms with E-state index in [0.29, 0.717) is 50.4 Å². The Labute approximate surface area is 151 Å². The highest BCUT2D eigenvalue weighted by Crippen LogP contribution is 2.37. The van der Waals surface area contributed by atoms with Gasteiger partial charge in [-0.05, 0) is 30.5 Å². The molecular formula is C19H23F3N2O2. The smallest absolute Gasteiger partial charge is 0.379 e. The minimum Gasteiger partial charge on any atom is -0.379 e. The van der Waals surface area contributed by atoms with Crippen LogP contribution in [0.2, 0.25) is 0 Å². The van der Waals surface area contributed by atoms with E-state index in [2.05, 4.69) is 0 Å². The van der Waals surface area contributed by atoms with Gasteiger partial charge >= 0.3 is 6.18 Å². The van der Waals surface area contributed by atoms with E-state index in [-0.39, 0.29) is 11.5 Å². The van der Waals surface area contributed by atoms with E-state index in [4.69, 9.17) is 4.74 Å². The molecule has 26 heavy (non-hydrogen) atoms. The Bertz CT molecular complexity index is 695. The van der Waals surface area contributed by atoms with Gasteiger partial charge in [-0.15, -0.1) is 0 Å². The summed E-state index contributed by atoms with van der Waals surface area (Å²) < 4.78 is 45.3. The lowest BCUT2D eigenvalue weighted by molar-refractivity contribution is -0.138. The molecule has 2 aliphatic heterocycles. The fraction of sp³-hybridized carbons (Fsp3) is 0.526. The Morgan fingerprint density at radius 1 is 1.19 bits per heavy atom. The SMILES string of the molecule is Cc1ccc(C2=CCN(C(=O)CN3CCOCC3)CC2)c(C(F)(F)F)c1. The molecule has 0 atom stereocenters. The molecule has 0 spiro atoms. The summed E-state index contributed by atoms with van der Waals surface area (Å²) in [5, 5.41) is 0. The normalized spacial score (nSPS) is 19.4. The molecule has 2 aliphatic rings. The van der Waals surface area contributed by atoms with Crippen LogP contribution in [-0.4, -0.2) is 61.6 Å². The highest BCUT2D eigenvalue weighted by Gasteiger charge is 2.34. The van der Waals surface area contributed by atoms with Gasteiger partial charge in [0.2, 0.25) is 5.91 Å². The largest absolute Gasteiger partial charge is 0.417 e. The van der Waals surface area contributed by atoms with Crippen LogP contribution in [0.25, 0.3) is 5.57 Å². The molecule has 1 saturated heterocycles. The van der Waals surface area contributed by atoms with Crippen molar-refractivity contribution in [1.29, 1.82) is 0 Å². The molecular weight excluding hydrogens is 345 g/mol. The van der Waals surface area contributed by atoms with Crippen LogP contribution in [0.5, 0.6) is 0 Å². The van der Waals surface area contributed by atoms with Gasteiger partial charge < -0.3 is 9.64 Å². The summed E-state index contributed by atoms with van der Waals surface area (Å²) in [6.45, 7) is 5.52. The third-order valence-electron chi connectivity index (χ3n) is 4.85. The first kappa shape index (κ1) is 18.9. The Hall–Kier alpha value is -1.86. The summed E-state index contributed by atoms with van der Waals surface area (Å²) in [6, 6.07) is 4.42. The Morgan fingerprint density at radius 3 is 2.54 bits per heavy atom. The average molecular weight is 368 g/mol. The molecule has 4 nitrogen and oxygen atoms in total. The lowest BCUT2D eigenvalue weighted by Crippen LogP contribution is -2.45. The quantitative estimate of drug-likeness (QED) is 0.822. The zero-order chi connectivity index (χ0) is 18.7. The third-order valence-corrected chi connectivity index (χ3v) is 4.85. The van der Waals surface area contributed by atoms with Crippen LogP contribution in [0.3, 0.4) is 0 Å². The van der Waals surface area contributed by atoms with Crippen LogP contribution in [-0.2, 0) is 15.7 Å². The Morgan fingerprint density at radius 2 is 1.92 bits per heavy atom. The number of benzene rings is 1. The van der Waals surface area contributed by atoms with Crippen LogP contribution in [0, 0.1) is 6.92 Å². The molecule has 0 aliphatic carbocycles. The van der Waals surface area contributed by atoms with Gasteiger partial charge in [0, 0.05) is 26.2 Å². The van der Waals surface area contributed by atoms with Gasteiger partial charge in [-0.2, -0.15) is 13.2 Å². The van der Waals surface area contributed by atoms with Gasteiger partial charge in [-0.1, -0.05) is 23.8 Å². The number of ether oxygens (including phenoxy) is 1. The summed E-state index contributed by atoms with van der Waals surface area (Å²) in [5.74, 6) is 0.0159. The molecule has 3 rings (SSSR count). The molecule has 1 amide bonds. The summed E-state index contributed by atoms with van der Waals surface area (Å²) in [6.07, 6.45) is -2.20. The number of morpholine rings is 1. The van der Waals surface area contributed by atoms with Gasteiger partial charge in [0.05, 0.1) is 25.3 Å². The van der Waals surface area contributed by atoms with Gasteiger partial charge in [0.1, 0.15) is 0 Å². The first-order valence-corrected chi connectivity index (χ1v) is 8.80. The number of hydrogen-bond acceptors (Lipinski definition) is 3. The average Bonchev–Trinajstić information content (AvgIpc) is 2.62. The van der Waals surface area contributed by atoms with Gasteiger partial charge in [0.25, 0.3) is 0 Å². The lowest BCUT2D eigenvalue weighted by Gasteiger charge is -2.31. The molecule has 0 aromatic heterocycles. The third kappa shape index (κ3) is 4.45. The molecule has 0 N–H and O–H groups in total. The lowest BCUT2D eigenvalue weighted by atomic mass is 9.93. The van der Waals surface area contributed by atoms with E-state index in [0.717, 1.165) is 13.1 Å². The number of amides is 1. The van der Waals surface area contributed by atoms with Crippen molar-refractivity contribution in [2.45, 2.75) is 19.5 Å². The van der Waals surface area contributed by atoms with Crippen molar-refractivity contribution in [1.82, 2.24) is 9.80 Å². The van der Waals surface area contributed by atoms with Crippen molar-refractivity contribution in [3.63, 3.8) is 0 Å². The van der Waals surface area contributed by atoms with Gasteiger partial charge in [-0.3, -0.25) is 9.69 Å². The van der Waals surface area contributed by atoms with Crippen molar-refractivity contribution in [2.24, 2.45) is 0 Å². The topological polar surface area (TPSA) is 32.8 Å². The minimum atomic E-state index is -4.38. The van der Waals surface area contributed by atoms with E-state index in [1.807, 2.05) is 4.90 Å². The molecule has 1 fully saturated rings. The van der Waals surface area contributed by atoms with E-state index < -0.39 is 11.7 Å². The van der Waals surface area contributed by atoms with E-state index in [9.17, 15) is 18.0 Å². The number of carbonyl (C=O) groups excluding carboxylic acids is 1. The van der Waals surface area contributed by atoms with Crippen molar-refractivity contribution < 1.29 is 22.7 Å². The maximum Gasteiger partial charge on any atom is 0.417 e. The van der Waals surface area contributed by atoms with Crippen LogP contribution in [0.1, 0.15) is 23.1 Å². The second-order valence-corrected chi connectivity index (χ2v) is 6.75. The molecule has 0 radical (unpaired) electrons. The number of halogens is 3. The first-order valence-electron chi connectivity index (χ1n) is 8.80.